The van der Waals surface area contributed by atoms with Crippen molar-refractivity contribution in [2.45, 2.75) is 31.9 Å². The first-order valence-corrected chi connectivity index (χ1v) is 12.3. The van der Waals surface area contributed by atoms with Crippen molar-refractivity contribution in [2.75, 3.05) is 26.7 Å². The summed E-state index contributed by atoms with van der Waals surface area (Å²) < 4.78 is 47.9. The summed E-state index contributed by atoms with van der Waals surface area (Å²) in [7, 11) is 1.56. The Balaban J connectivity index is 1.40. The molecule has 1 saturated heterocycles. The number of nitrogens with zero attached hydrogens (tertiary/aromatic N) is 2. The van der Waals surface area contributed by atoms with Gasteiger partial charge in [-0.2, -0.15) is 0 Å². The second-order valence-electron chi connectivity index (χ2n) is 9.40. The van der Waals surface area contributed by atoms with E-state index in [9.17, 15) is 18.7 Å². The zero-order valence-electron chi connectivity index (χ0n) is 20.6. The van der Waals surface area contributed by atoms with E-state index in [2.05, 4.69) is 16.8 Å². The van der Waals surface area contributed by atoms with Crippen LogP contribution >= 0.6 is 0 Å². The van der Waals surface area contributed by atoms with Gasteiger partial charge in [-0.05, 0) is 85.7 Å². The molecule has 3 aromatic rings. The third kappa shape index (κ3) is 6.80. The number of halogens is 3. The third-order valence-electron chi connectivity index (χ3n) is 6.98. The van der Waals surface area contributed by atoms with Gasteiger partial charge in [0.05, 0.1) is 24.7 Å². The normalized spacial score (nSPS) is 18.7. The van der Waals surface area contributed by atoms with Crippen LogP contribution in [0.3, 0.4) is 0 Å². The number of fused-ring (bicyclic) bond motifs is 1. The number of ether oxygens (including phenoxy) is 1. The first-order chi connectivity index (χ1) is 17.8. The topological polar surface area (TPSA) is 62.7 Å². The molecular weight excluding hydrogens is 481 g/mol. The molecule has 0 bridgehead atoms. The fourth-order valence-electron chi connectivity index (χ4n) is 5.04. The van der Waals surface area contributed by atoms with Gasteiger partial charge in [0.25, 0.3) is 0 Å². The maximum Gasteiger partial charge on any atom is 0.303 e. The molecule has 0 aliphatic carbocycles. The van der Waals surface area contributed by atoms with Crippen LogP contribution in [-0.4, -0.2) is 47.7 Å². The van der Waals surface area contributed by atoms with Crippen LogP contribution in [0.2, 0.25) is 0 Å². The number of hydrogen-bond donors (Lipinski definition) is 1. The summed E-state index contributed by atoms with van der Waals surface area (Å²) in [6.45, 7) is 1.49. The number of hydrogen-bond acceptors (Lipinski definition) is 4. The SMILES string of the molecule is COc1ccc2nccc(C(F)CC[C@@H]3CCN(CC#Cc4cc(F)ccc4F)C[C@@H]3CC(=O)O)c2c1. The standard InChI is InChI=1S/C29H29F3N2O3/c1-37-23-6-9-28-25(17-23)24(10-12-33-28)27(32)7-4-19-11-14-34(18-21(19)16-29(35)36)13-2-3-20-15-22(30)5-8-26(20)31/h5-6,8-10,12,15,17,19,21,27H,4,7,11,13-14,16,18H2,1H3,(H,35,36)/t19-,21+,27?/m1/s1. The van der Waals surface area contributed by atoms with E-state index >= 15 is 4.39 Å². The van der Waals surface area contributed by atoms with Crippen LogP contribution in [0.15, 0.2) is 48.7 Å². The Morgan fingerprint density at radius 1 is 1.22 bits per heavy atom. The lowest BCUT2D eigenvalue weighted by atomic mass is 9.79. The van der Waals surface area contributed by atoms with Crippen LogP contribution in [0.25, 0.3) is 10.9 Å². The lowest BCUT2D eigenvalue weighted by molar-refractivity contribution is -0.139. The zero-order valence-corrected chi connectivity index (χ0v) is 20.6. The highest BCUT2D eigenvalue weighted by Gasteiger charge is 2.31. The number of rotatable bonds is 8. The van der Waals surface area contributed by atoms with Crippen LogP contribution in [0.5, 0.6) is 5.75 Å². The minimum atomic E-state index is -1.21. The molecule has 0 radical (unpaired) electrons. The Hall–Kier alpha value is -3.57. The minimum Gasteiger partial charge on any atom is -0.497 e. The second kappa shape index (κ2) is 12.1. The van der Waals surface area contributed by atoms with Gasteiger partial charge in [0.2, 0.25) is 0 Å². The number of aliphatic carboxylic acids is 1. The summed E-state index contributed by atoms with van der Waals surface area (Å²) in [4.78, 5) is 17.9. The lowest BCUT2D eigenvalue weighted by Gasteiger charge is -2.37. The number of carbonyl (C=O) groups is 1. The van der Waals surface area contributed by atoms with Crippen LogP contribution < -0.4 is 4.74 Å². The van der Waals surface area contributed by atoms with Crippen molar-refractivity contribution < 1.29 is 27.8 Å². The molecule has 3 atom stereocenters. The molecule has 194 valence electrons. The predicted octanol–water partition coefficient (Wildman–Crippen LogP) is 5.78. The summed E-state index contributed by atoms with van der Waals surface area (Å²) in [6, 6.07) is 10.2. The Bertz CT molecular complexity index is 1320. The van der Waals surface area contributed by atoms with Gasteiger partial charge in [0.15, 0.2) is 0 Å². The summed E-state index contributed by atoms with van der Waals surface area (Å²) in [6.07, 6.45) is 1.91. The summed E-state index contributed by atoms with van der Waals surface area (Å²) >= 11 is 0. The maximum absolute atomic E-state index is 15.4. The smallest absolute Gasteiger partial charge is 0.303 e. The largest absolute Gasteiger partial charge is 0.497 e. The number of alkyl halides is 1. The molecule has 1 fully saturated rings. The van der Waals surface area contributed by atoms with Crippen molar-refractivity contribution in [1.82, 2.24) is 9.88 Å². The van der Waals surface area contributed by atoms with E-state index < -0.39 is 23.8 Å². The number of aromatic nitrogens is 1. The molecule has 1 aliphatic rings. The maximum atomic E-state index is 15.4. The second-order valence-corrected chi connectivity index (χ2v) is 9.40. The van der Waals surface area contributed by atoms with E-state index in [-0.39, 0.29) is 30.2 Å². The summed E-state index contributed by atoms with van der Waals surface area (Å²) in [5.41, 5.74) is 1.24. The van der Waals surface area contributed by atoms with Crippen molar-refractivity contribution >= 4 is 16.9 Å². The molecule has 1 unspecified atom stereocenters. The van der Waals surface area contributed by atoms with Crippen molar-refractivity contribution in [1.29, 1.82) is 0 Å². The Morgan fingerprint density at radius 2 is 2.05 bits per heavy atom. The predicted molar refractivity (Wildman–Crippen MR) is 135 cm³/mol. The van der Waals surface area contributed by atoms with E-state index in [0.717, 1.165) is 18.2 Å². The Morgan fingerprint density at radius 3 is 2.84 bits per heavy atom. The van der Waals surface area contributed by atoms with Gasteiger partial charge in [-0.15, -0.1) is 0 Å². The third-order valence-corrected chi connectivity index (χ3v) is 6.98. The molecule has 1 N–H and O–H groups in total. The molecule has 2 heterocycles. The molecule has 5 nitrogen and oxygen atoms in total. The van der Waals surface area contributed by atoms with Gasteiger partial charge in [-0.25, -0.2) is 13.2 Å². The number of methoxy groups -OCH3 is 1. The van der Waals surface area contributed by atoms with Gasteiger partial charge in [-0.1, -0.05) is 11.8 Å². The van der Waals surface area contributed by atoms with Gasteiger partial charge in [0.1, 0.15) is 23.6 Å². The van der Waals surface area contributed by atoms with Crippen LogP contribution in [0, 0.1) is 35.3 Å². The number of benzene rings is 2. The highest BCUT2D eigenvalue weighted by molar-refractivity contribution is 5.83. The minimum absolute atomic E-state index is 0.00721. The molecule has 2 aromatic carbocycles. The van der Waals surface area contributed by atoms with Crippen molar-refractivity contribution in [3.05, 3.63) is 71.4 Å². The van der Waals surface area contributed by atoms with Crippen LogP contribution in [-0.2, 0) is 4.79 Å². The van der Waals surface area contributed by atoms with E-state index in [1.165, 1.54) is 0 Å². The van der Waals surface area contributed by atoms with Crippen molar-refractivity contribution in [2.24, 2.45) is 11.8 Å². The van der Waals surface area contributed by atoms with E-state index in [1.807, 2.05) is 4.90 Å². The van der Waals surface area contributed by atoms with Gasteiger partial charge < -0.3 is 9.84 Å². The highest BCUT2D eigenvalue weighted by atomic mass is 19.1. The average molecular weight is 511 g/mol. The van der Waals surface area contributed by atoms with Gasteiger partial charge >= 0.3 is 5.97 Å². The monoisotopic (exact) mass is 510 g/mol. The van der Waals surface area contributed by atoms with E-state index in [1.54, 1.807) is 37.6 Å². The molecule has 0 saturated carbocycles. The molecule has 8 heteroatoms. The molecule has 0 spiro atoms. The average Bonchev–Trinajstić information content (AvgIpc) is 2.89. The number of likely N-dealkylation sites (tertiary alicyclic amines) is 1. The highest BCUT2D eigenvalue weighted by Crippen LogP contribution is 2.36. The molecule has 1 aromatic heterocycles. The van der Waals surface area contributed by atoms with Gasteiger partial charge in [0, 0.05) is 24.5 Å². The van der Waals surface area contributed by atoms with E-state index in [4.69, 9.17) is 4.74 Å². The fourth-order valence-corrected chi connectivity index (χ4v) is 5.04. The van der Waals surface area contributed by atoms with Crippen LogP contribution in [0.1, 0.15) is 43.0 Å². The zero-order chi connectivity index (χ0) is 26.4. The number of piperidine rings is 1. The quantitative estimate of drug-likeness (QED) is 0.390. The number of carboxylic acid groups (broad SMARTS) is 1. The van der Waals surface area contributed by atoms with Gasteiger partial charge in [-0.3, -0.25) is 14.7 Å². The molecule has 1 aliphatic heterocycles. The molecule has 0 amide bonds. The Labute approximate surface area is 214 Å². The first kappa shape index (κ1) is 26.5. The van der Waals surface area contributed by atoms with Crippen molar-refractivity contribution in [3.8, 4) is 17.6 Å². The van der Waals surface area contributed by atoms with Crippen LogP contribution in [0.4, 0.5) is 13.2 Å². The number of carboxylic acids is 1. The van der Waals surface area contributed by atoms with Crippen molar-refractivity contribution in [3.63, 3.8) is 0 Å². The fraction of sp³-hybridized carbons (Fsp3) is 0.379. The molecule has 4 rings (SSSR count). The number of pyridine rings is 1. The first-order valence-electron chi connectivity index (χ1n) is 12.3. The molecule has 37 heavy (non-hydrogen) atoms. The Kier molecular flexibility index (Phi) is 8.67. The summed E-state index contributed by atoms with van der Waals surface area (Å²) in [5.74, 6) is 4.03. The van der Waals surface area contributed by atoms with E-state index in [0.29, 0.717) is 54.7 Å². The molecular formula is C29H29F3N2O3. The summed E-state index contributed by atoms with van der Waals surface area (Å²) in [5, 5.41) is 10.2. The lowest BCUT2D eigenvalue weighted by Crippen LogP contribution is -2.41.